The van der Waals surface area contributed by atoms with Crippen LogP contribution in [0.3, 0.4) is 0 Å². The van der Waals surface area contributed by atoms with Crippen LogP contribution in [0.15, 0.2) is 30.3 Å². The van der Waals surface area contributed by atoms with Gasteiger partial charge in [-0.2, -0.15) is 0 Å². The van der Waals surface area contributed by atoms with Gasteiger partial charge in [0.15, 0.2) is 11.5 Å². The lowest BCUT2D eigenvalue weighted by Crippen LogP contribution is -2.34. The zero-order valence-corrected chi connectivity index (χ0v) is 16.3. The van der Waals surface area contributed by atoms with Crippen LogP contribution < -0.4 is 18.9 Å². The molecule has 1 atom stereocenters. The second kappa shape index (κ2) is 8.50. The summed E-state index contributed by atoms with van der Waals surface area (Å²) < 4.78 is 21.5. The van der Waals surface area contributed by atoms with Crippen LogP contribution in [0.5, 0.6) is 23.0 Å². The lowest BCUT2D eigenvalue weighted by atomic mass is 9.98. The molecule has 2 aromatic carbocycles. The van der Waals surface area contributed by atoms with Crippen LogP contribution in [0.2, 0.25) is 0 Å². The third kappa shape index (κ3) is 4.12. The van der Waals surface area contributed by atoms with Crippen molar-refractivity contribution in [2.75, 3.05) is 41.5 Å². The summed E-state index contributed by atoms with van der Waals surface area (Å²) in [7, 11) is 6.50. The summed E-state index contributed by atoms with van der Waals surface area (Å²) >= 11 is 0. The van der Waals surface area contributed by atoms with Gasteiger partial charge in [0.1, 0.15) is 11.5 Å². The summed E-state index contributed by atoms with van der Waals surface area (Å²) in [6.45, 7) is 2.15. The van der Waals surface area contributed by atoms with E-state index in [4.69, 9.17) is 18.9 Å². The van der Waals surface area contributed by atoms with E-state index in [2.05, 4.69) is 11.0 Å². The van der Waals surface area contributed by atoms with E-state index in [0.717, 1.165) is 36.6 Å². The highest BCUT2D eigenvalue weighted by Gasteiger charge is 2.23. The van der Waals surface area contributed by atoms with E-state index in [1.165, 1.54) is 11.1 Å². The Labute approximate surface area is 160 Å². The van der Waals surface area contributed by atoms with Gasteiger partial charge in [-0.1, -0.05) is 0 Å². The average Bonchev–Trinajstić information content (AvgIpc) is 2.71. The predicted molar refractivity (Wildman–Crippen MR) is 103 cm³/mol. The quantitative estimate of drug-likeness (QED) is 0.805. The second-order valence-electron chi connectivity index (χ2n) is 6.58. The van der Waals surface area contributed by atoms with E-state index >= 15 is 0 Å². The van der Waals surface area contributed by atoms with E-state index in [1.54, 1.807) is 34.5 Å². The van der Waals surface area contributed by atoms with Crippen molar-refractivity contribution in [1.82, 2.24) is 4.90 Å². The number of ether oxygens (including phenoxy) is 4. The lowest BCUT2D eigenvalue weighted by molar-refractivity contribution is 0.103. The topological polar surface area (TPSA) is 60.4 Å². The lowest BCUT2D eigenvalue weighted by Gasteiger charge is -2.31. The van der Waals surface area contributed by atoms with Crippen molar-refractivity contribution >= 4 is 0 Å². The number of aliphatic hydroxyl groups is 1. The molecule has 0 saturated heterocycles. The van der Waals surface area contributed by atoms with Crippen molar-refractivity contribution in [2.24, 2.45) is 0 Å². The van der Waals surface area contributed by atoms with Gasteiger partial charge in [-0.3, -0.25) is 4.90 Å². The van der Waals surface area contributed by atoms with Crippen molar-refractivity contribution in [2.45, 2.75) is 19.1 Å². The average molecular weight is 373 g/mol. The summed E-state index contributed by atoms with van der Waals surface area (Å²) in [5, 5.41) is 10.8. The Hall–Kier alpha value is -2.44. The van der Waals surface area contributed by atoms with Gasteiger partial charge in [0, 0.05) is 31.3 Å². The molecule has 0 aliphatic carbocycles. The first-order chi connectivity index (χ1) is 13.1. The molecule has 0 radical (unpaired) electrons. The first-order valence-electron chi connectivity index (χ1n) is 8.95. The van der Waals surface area contributed by atoms with Crippen LogP contribution in [0.1, 0.15) is 22.8 Å². The van der Waals surface area contributed by atoms with E-state index in [1.807, 2.05) is 18.2 Å². The normalized spacial score (nSPS) is 15.0. The van der Waals surface area contributed by atoms with Crippen molar-refractivity contribution in [3.63, 3.8) is 0 Å². The number of benzene rings is 2. The van der Waals surface area contributed by atoms with E-state index < -0.39 is 6.10 Å². The molecule has 1 N–H and O–H groups in total. The van der Waals surface area contributed by atoms with E-state index in [0.29, 0.717) is 18.0 Å². The Kier molecular flexibility index (Phi) is 6.08. The Morgan fingerprint density at radius 2 is 1.56 bits per heavy atom. The molecule has 27 heavy (non-hydrogen) atoms. The maximum atomic E-state index is 10.8. The fourth-order valence-electron chi connectivity index (χ4n) is 3.53. The SMILES string of the molecule is COc1ccc(C(O)CN2CCc3cc(OC)c(OC)cc3C2)c(OC)c1. The smallest absolute Gasteiger partial charge is 0.161 e. The Balaban J connectivity index is 1.74. The zero-order valence-electron chi connectivity index (χ0n) is 16.3. The summed E-state index contributed by atoms with van der Waals surface area (Å²) in [5.74, 6) is 2.82. The first kappa shape index (κ1) is 19.3. The molecule has 0 fully saturated rings. The summed E-state index contributed by atoms with van der Waals surface area (Å²) in [6.07, 6.45) is 0.259. The van der Waals surface area contributed by atoms with Crippen LogP contribution in [-0.2, 0) is 13.0 Å². The second-order valence-corrected chi connectivity index (χ2v) is 6.58. The maximum absolute atomic E-state index is 10.8. The van der Waals surface area contributed by atoms with Gasteiger partial charge < -0.3 is 24.1 Å². The number of rotatable bonds is 7. The molecule has 3 rings (SSSR count). The molecule has 1 heterocycles. The van der Waals surface area contributed by atoms with Crippen LogP contribution in [0.4, 0.5) is 0 Å². The van der Waals surface area contributed by atoms with E-state index in [-0.39, 0.29) is 0 Å². The Morgan fingerprint density at radius 3 is 2.19 bits per heavy atom. The van der Waals surface area contributed by atoms with Gasteiger partial charge in [0.05, 0.1) is 34.5 Å². The molecule has 0 bridgehead atoms. The molecule has 0 amide bonds. The molecule has 1 aliphatic heterocycles. The van der Waals surface area contributed by atoms with E-state index in [9.17, 15) is 5.11 Å². The van der Waals surface area contributed by atoms with Gasteiger partial charge in [0.25, 0.3) is 0 Å². The largest absolute Gasteiger partial charge is 0.497 e. The summed E-state index contributed by atoms with van der Waals surface area (Å²) in [4.78, 5) is 2.24. The van der Waals surface area contributed by atoms with Gasteiger partial charge >= 0.3 is 0 Å². The van der Waals surface area contributed by atoms with Crippen molar-refractivity contribution in [3.05, 3.63) is 47.0 Å². The molecule has 1 unspecified atom stereocenters. The molecule has 146 valence electrons. The van der Waals surface area contributed by atoms with Gasteiger partial charge in [-0.15, -0.1) is 0 Å². The van der Waals surface area contributed by atoms with Crippen molar-refractivity contribution in [3.8, 4) is 23.0 Å². The minimum absolute atomic E-state index is 0.524. The Bertz CT molecular complexity index is 792. The predicted octanol–water partition coefficient (Wildman–Crippen LogP) is 2.81. The monoisotopic (exact) mass is 373 g/mol. The highest BCUT2D eigenvalue weighted by molar-refractivity contribution is 5.48. The number of hydrogen-bond acceptors (Lipinski definition) is 6. The molecule has 0 spiro atoms. The van der Waals surface area contributed by atoms with Crippen LogP contribution in [0, 0.1) is 0 Å². The van der Waals surface area contributed by atoms with Crippen LogP contribution in [-0.4, -0.2) is 51.5 Å². The molecule has 6 heteroatoms. The maximum Gasteiger partial charge on any atom is 0.161 e. The molecular weight excluding hydrogens is 346 g/mol. The first-order valence-corrected chi connectivity index (χ1v) is 8.95. The minimum atomic E-state index is -0.646. The fourth-order valence-corrected chi connectivity index (χ4v) is 3.53. The number of nitrogens with zero attached hydrogens (tertiary/aromatic N) is 1. The number of methoxy groups -OCH3 is 4. The highest BCUT2D eigenvalue weighted by atomic mass is 16.5. The molecule has 0 aromatic heterocycles. The van der Waals surface area contributed by atoms with Gasteiger partial charge in [-0.05, 0) is 41.8 Å². The number of β-amino-alcohol motifs (C(OH)–C–C–N with tert-alkyl or cyclic N) is 1. The van der Waals surface area contributed by atoms with Gasteiger partial charge in [-0.25, -0.2) is 0 Å². The fraction of sp³-hybridized carbons (Fsp3) is 0.429. The molecule has 1 aliphatic rings. The summed E-state index contributed by atoms with van der Waals surface area (Å²) in [5.41, 5.74) is 3.23. The van der Waals surface area contributed by atoms with Crippen LogP contribution >= 0.6 is 0 Å². The number of hydrogen-bond donors (Lipinski definition) is 1. The molecule has 0 saturated carbocycles. The van der Waals surface area contributed by atoms with Crippen LogP contribution in [0.25, 0.3) is 0 Å². The molecule has 2 aromatic rings. The summed E-state index contributed by atoms with van der Waals surface area (Å²) in [6, 6.07) is 9.56. The van der Waals surface area contributed by atoms with Crippen molar-refractivity contribution < 1.29 is 24.1 Å². The third-order valence-corrected chi connectivity index (χ3v) is 5.03. The number of aliphatic hydroxyl groups excluding tert-OH is 1. The standard InChI is InChI=1S/C21H27NO5/c1-24-16-5-6-17(19(11-16)25-2)18(23)13-22-8-7-14-9-20(26-3)21(27-4)10-15(14)12-22/h5-6,9-11,18,23H,7-8,12-13H2,1-4H3. The zero-order chi connectivity index (χ0) is 19.4. The minimum Gasteiger partial charge on any atom is -0.497 e. The van der Waals surface area contributed by atoms with Crippen molar-refractivity contribution in [1.29, 1.82) is 0 Å². The third-order valence-electron chi connectivity index (χ3n) is 5.03. The number of fused-ring (bicyclic) bond motifs is 1. The molecule has 6 nitrogen and oxygen atoms in total. The van der Waals surface area contributed by atoms with Gasteiger partial charge in [0.2, 0.25) is 0 Å². The molecular formula is C21H27NO5. The Morgan fingerprint density at radius 1 is 0.889 bits per heavy atom. The highest BCUT2D eigenvalue weighted by Crippen LogP contribution is 2.34.